The van der Waals surface area contributed by atoms with Crippen LogP contribution in [0.2, 0.25) is 0 Å². The Morgan fingerprint density at radius 3 is 2.76 bits per heavy atom. The number of pyridine rings is 1. The summed E-state index contributed by atoms with van der Waals surface area (Å²) in [4.78, 5) is 20.3. The van der Waals surface area contributed by atoms with Crippen LogP contribution in [0.25, 0.3) is 17.3 Å². The van der Waals surface area contributed by atoms with Crippen LogP contribution in [0.4, 0.5) is 0 Å². The van der Waals surface area contributed by atoms with Crippen LogP contribution in [-0.4, -0.2) is 22.4 Å². The molecule has 0 aliphatic rings. The molecule has 0 fully saturated rings. The first-order valence-electron chi connectivity index (χ1n) is 8.08. The average molecular weight is 349 g/mol. The summed E-state index contributed by atoms with van der Waals surface area (Å²) in [6, 6.07) is 12.1. The van der Waals surface area contributed by atoms with E-state index in [0.717, 1.165) is 28.2 Å². The fraction of sp³-hybridized carbons (Fsp3) is 0.150. The molecule has 3 rings (SSSR count). The van der Waals surface area contributed by atoms with E-state index in [0.29, 0.717) is 6.54 Å². The van der Waals surface area contributed by atoms with Gasteiger partial charge < -0.3 is 5.32 Å². The average Bonchev–Trinajstić information content (AvgIpc) is 3.08. The molecule has 1 aromatic carbocycles. The summed E-state index contributed by atoms with van der Waals surface area (Å²) >= 11 is 1.65. The molecule has 0 radical (unpaired) electrons. The van der Waals surface area contributed by atoms with Crippen molar-refractivity contribution in [3.63, 3.8) is 0 Å². The normalized spacial score (nSPS) is 10.9. The van der Waals surface area contributed by atoms with Crippen LogP contribution in [0.1, 0.15) is 16.1 Å². The van der Waals surface area contributed by atoms with Crippen LogP contribution in [0.5, 0.6) is 0 Å². The lowest BCUT2D eigenvalue weighted by Gasteiger charge is -2.04. The summed E-state index contributed by atoms with van der Waals surface area (Å²) < 4.78 is 0. The van der Waals surface area contributed by atoms with Crippen molar-refractivity contribution in [3.8, 4) is 11.3 Å². The Morgan fingerprint density at radius 2 is 2.08 bits per heavy atom. The number of nitrogens with one attached hydrogen (secondary N) is 1. The highest BCUT2D eigenvalue weighted by Gasteiger charge is 2.02. The van der Waals surface area contributed by atoms with Gasteiger partial charge in [0.05, 0.1) is 10.7 Å². The maximum Gasteiger partial charge on any atom is 0.244 e. The number of benzene rings is 1. The molecule has 5 heteroatoms. The monoisotopic (exact) mass is 349 g/mol. The van der Waals surface area contributed by atoms with Gasteiger partial charge in [0.25, 0.3) is 0 Å². The van der Waals surface area contributed by atoms with Crippen LogP contribution in [0, 0.1) is 6.92 Å². The predicted octanol–water partition coefficient (Wildman–Crippen LogP) is 3.89. The molecule has 0 spiro atoms. The molecule has 0 saturated carbocycles. The number of amides is 1. The first-order chi connectivity index (χ1) is 12.2. The third kappa shape index (κ3) is 5.09. The Balaban J connectivity index is 1.47. The summed E-state index contributed by atoms with van der Waals surface area (Å²) in [5, 5.41) is 6.03. The summed E-state index contributed by atoms with van der Waals surface area (Å²) in [5.41, 5.74) is 4.23. The lowest BCUT2D eigenvalue weighted by Crippen LogP contribution is -2.23. The van der Waals surface area contributed by atoms with E-state index in [-0.39, 0.29) is 5.91 Å². The van der Waals surface area contributed by atoms with Crippen LogP contribution in [0.3, 0.4) is 0 Å². The van der Waals surface area contributed by atoms with E-state index < -0.39 is 0 Å². The fourth-order valence-electron chi connectivity index (χ4n) is 2.37. The molecule has 3 aromatic rings. The van der Waals surface area contributed by atoms with Crippen molar-refractivity contribution in [2.75, 3.05) is 6.54 Å². The maximum absolute atomic E-state index is 11.8. The van der Waals surface area contributed by atoms with E-state index in [1.165, 1.54) is 11.6 Å². The first kappa shape index (κ1) is 17.0. The second-order valence-corrected chi connectivity index (χ2v) is 6.67. The Bertz CT molecular complexity index is 854. The van der Waals surface area contributed by atoms with Gasteiger partial charge in [0.2, 0.25) is 5.91 Å². The van der Waals surface area contributed by atoms with Gasteiger partial charge in [-0.15, -0.1) is 11.3 Å². The molecular formula is C20H19N3OS. The number of thiazole rings is 1. The quantitative estimate of drug-likeness (QED) is 0.687. The van der Waals surface area contributed by atoms with Gasteiger partial charge >= 0.3 is 0 Å². The molecular weight excluding hydrogens is 330 g/mol. The molecule has 0 atom stereocenters. The second-order valence-electron chi connectivity index (χ2n) is 5.61. The van der Waals surface area contributed by atoms with Gasteiger partial charge in [-0.25, -0.2) is 4.98 Å². The Hall–Kier alpha value is -2.79. The standard InChI is InChI=1S/C20H19N3OS/c1-15-23-19(14-25-15)18-7-4-16(5-8-18)10-12-22-20(24)9-6-17-3-2-11-21-13-17/h2-9,11,13-14H,10,12H2,1H3,(H,22,24)/b9-6+. The van der Waals surface area contributed by atoms with Crippen LogP contribution in [0.15, 0.2) is 60.2 Å². The van der Waals surface area contributed by atoms with Crippen molar-refractivity contribution in [1.29, 1.82) is 0 Å². The third-order valence-electron chi connectivity index (χ3n) is 3.69. The summed E-state index contributed by atoms with van der Waals surface area (Å²) in [6.07, 6.45) is 7.51. The molecule has 1 amide bonds. The molecule has 1 N–H and O–H groups in total. The maximum atomic E-state index is 11.8. The zero-order valence-electron chi connectivity index (χ0n) is 14.0. The fourth-order valence-corrected chi connectivity index (χ4v) is 3.00. The number of aryl methyl sites for hydroxylation is 1. The van der Waals surface area contributed by atoms with Crippen molar-refractivity contribution in [3.05, 3.63) is 76.4 Å². The molecule has 4 nitrogen and oxygen atoms in total. The van der Waals surface area contributed by atoms with E-state index in [9.17, 15) is 4.79 Å². The minimum atomic E-state index is -0.0987. The Kier molecular flexibility index (Phi) is 5.69. The number of carbonyl (C=O) groups is 1. The topological polar surface area (TPSA) is 54.9 Å². The Labute approximate surface area is 151 Å². The van der Waals surface area contributed by atoms with Crippen LogP contribution >= 0.6 is 11.3 Å². The van der Waals surface area contributed by atoms with E-state index in [1.54, 1.807) is 29.8 Å². The van der Waals surface area contributed by atoms with Gasteiger partial charge in [0.1, 0.15) is 0 Å². The molecule has 25 heavy (non-hydrogen) atoms. The summed E-state index contributed by atoms with van der Waals surface area (Å²) in [7, 11) is 0. The molecule has 126 valence electrons. The third-order valence-corrected chi connectivity index (χ3v) is 4.47. The van der Waals surface area contributed by atoms with Gasteiger partial charge in [-0.1, -0.05) is 30.3 Å². The number of rotatable bonds is 6. The van der Waals surface area contributed by atoms with Crippen LogP contribution in [-0.2, 0) is 11.2 Å². The smallest absolute Gasteiger partial charge is 0.244 e. The number of carbonyl (C=O) groups excluding carboxylic acids is 1. The molecule has 0 bridgehead atoms. The van der Waals surface area contributed by atoms with Crippen molar-refractivity contribution < 1.29 is 4.79 Å². The molecule has 0 unspecified atom stereocenters. The van der Waals surface area contributed by atoms with Crippen molar-refractivity contribution in [1.82, 2.24) is 15.3 Å². The van der Waals surface area contributed by atoms with E-state index in [1.807, 2.05) is 19.1 Å². The number of aromatic nitrogens is 2. The molecule has 2 heterocycles. The van der Waals surface area contributed by atoms with Gasteiger partial charge in [-0.05, 0) is 36.6 Å². The molecule has 2 aromatic heterocycles. The van der Waals surface area contributed by atoms with E-state index in [2.05, 4.69) is 44.9 Å². The second kappa shape index (κ2) is 8.35. The SMILES string of the molecule is Cc1nc(-c2ccc(CCNC(=O)/C=C/c3cccnc3)cc2)cs1. The molecule has 0 aliphatic heterocycles. The summed E-state index contributed by atoms with van der Waals surface area (Å²) in [6.45, 7) is 2.61. The van der Waals surface area contributed by atoms with Gasteiger partial charge in [0.15, 0.2) is 0 Å². The van der Waals surface area contributed by atoms with Gasteiger partial charge in [-0.2, -0.15) is 0 Å². The minimum Gasteiger partial charge on any atom is -0.352 e. The predicted molar refractivity (Wildman–Crippen MR) is 102 cm³/mol. The lowest BCUT2D eigenvalue weighted by atomic mass is 10.1. The molecule has 0 saturated heterocycles. The van der Waals surface area contributed by atoms with E-state index in [4.69, 9.17) is 0 Å². The highest BCUT2D eigenvalue weighted by Crippen LogP contribution is 2.21. The van der Waals surface area contributed by atoms with Crippen molar-refractivity contribution in [2.24, 2.45) is 0 Å². The number of hydrogen-bond donors (Lipinski definition) is 1. The van der Waals surface area contributed by atoms with Gasteiger partial charge in [-0.3, -0.25) is 9.78 Å². The number of nitrogens with zero attached hydrogens (tertiary/aromatic N) is 2. The van der Waals surface area contributed by atoms with Crippen molar-refractivity contribution >= 4 is 23.3 Å². The van der Waals surface area contributed by atoms with Crippen LogP contribution < -0.4 is 5.32 Å². The Morgan fingerprint density at radius 1 is 1.24 bits per heavy atom. The zero-order chi connectivity index (χ0) is 17.5. The van der Waals surface area contributed by atoms with E-state index >= 15 is 0 Å². The zero-order valence-corrected chi connectivity index (χ0v) is 14.8. The largest absolute Gasteiger partial charge is 0.352 e. The van der Waals surface area contributed by atoms with Crippen molar-refractivity contribution in [2.45, 2.75) is 13.3 Å². The highest BCUT2D eigenvalue weighted by atomic mass is 32.1. The highest BCUT2D eigenvalue weighted by molar-refractivity contribution is 7.09. The lowest BCUT2D eigenvalue weighted by molar-refractivity contribution is -0.116. The van der Waals surface area contributed by atoms with Gasteiger partial charge in [0, 0.05) is 36.0 Å². The summed E-state index contributed by atoms with van der Waals surface area (Å²) in [5.74, 6) is -0.0987. The number of hydrogen-bond acceptors (Lipinski definition) is 4. The first-order valence-corrected chi connectivity index (χ1v) is 8.96. The molecule has 0 aliphatic carbocycles. The minimum absolute atomic E-state index is 0.0987.